The molecule has 1 N–H and O–H groups in total. The zero-order valence-corrected chi connectivity index (χ0v) is 18.0. The molecule has 0 heterocycles. The zero-order chi connectivity index (χ0) is 19.6. The minimum absolute atomic E-state index is 0. The van der Waals surface area contributed by atoms with Crippen LogP contribution in [0.2, 0.25) is 0 Å². The van der Waals surface area contributed by atoms with E-state index in [2.05, 4.69) is 66.8 Å². The van der Waals surface area contributed by atoms with Crippen molar-refractivity contribution >= 4 is 12.4 Å². The van der Waals surface area contributed by atoms with Crippen molar-refractivity contribution in [2.75, 3.05) is 13.2 Å². The van der Waals surface area contributed by atoms with Gasteiger partial charge in [-0.25, -0.2) is 0 Å². The van der Waals surface area contributed by atoms with Gasteiger partial charge in [-0.15, -0.1) is 12.4 Å². The Hall–Kier alpha value is -2.49. The molecule has 154 valence electrons. The molecule has 0 aromatic heterocycles. The van der Waals surface area contributed by atoms with Crippen molar-refractivity contribution in [3.63, 3.8) is 0 Å². The molecule has 4 heteroatoms. The first-order valence-corrected chi connectivity index (χ1v) is 9.94. The summed E-state index contributed by atoms with van der Waals surface area (Å²) in [5.41, 5.74) is 4.86. The summed E-state index contributed by atoms with van der Waals surface area (Å²) in [5.74, 6) is 1.63. The molecule has 0 radical (unpaired) electrons. The predicted molar refractivity (Wildman–Crippen MR) is 122 cm³/mol. The molecule has 0 saturated carbocycles. The van der Waals surface area contributed by atoms with Crippen LogP contribution in [0.3, 0.4) is 0 Å². The van der Waals surface area contributed by atoms with Crippen molar-refractivity contribution in [1.29, 1.82) is 0 Å². The Morgan fingerprint density at radius 2 is 1.55 bits per heavy atom. The van der Waals surface area contributed by atoms with E-state index in [-0.39, 0.29) is 12.4 Å². The van der Waals surface area contributed by atoms with Crippen LogP contribution in [0.1, 0.15) is 29.2 Å². The van der Waals surface area contributed by atoms with Crippen LogP contribution in [0.5, 0.6) is 11.5 Å². The van der Waals surface area contributed by atoms with E-state index in [0.29, 0.717) is 13.2 Å². The van der Waals surface area contributed by atoms with Gasteiger partial charge in [0.1, 0.15) is 6.61 Å². The first-order chi connectivity index (χ1) is 13.8. The van der Waals surface area contributed by atoms with Gasteiger partial charge >= 0.3 is 0 Å². The Morgan fingerprint density at radius 1 is 0.793 bits per heavy atom. The number of halogens is 1. The van der Waals surface area contributed by atoms with Crippen LogP contribution in [0, 0.1) is 6.92 Å². The van der Waals surface area contributed by atoms with Crippen molar-refractivity contribution in [2.24, 2.45) is 0 Å². The zero-order valence-electron chi connectivity index (χ0n) is 17.2. The quantitative estimate of drug-likeness (QED) is 0.432. The number of hydrogen-bond donors (Lipinski definition) is 1. The molecule has 3 aromatic rings. The van der Waals surface area contributed by atoms with Crippen LogP contribution in [-0.4, -0.2) is 13.2 Å². The van der Waals surface area contributed by atoms with Gasteiger partial charge in [0, 0.05) is 12.1 Å². The maximum absolute atomic E-state index is 6.20. The van der Waals surface area contributed by atoms with Gasteiger partial charge in [0.2, 0.25) is 0 Å². The van der Waals surface area contributed by atoms with Gasteiger partial charge in [-0.3, -0.25) is 0 Å². The van der Waals surface area contributed by atoms with E-state index >= 15 is 0 Å². The van der Waals surface area contributed by atoms with E-state index in [4.69, 9.17) is 9.47 Å². The molecule has 0 aliphatic rings. The van der Waals surface area contributed by atoms with Crippen molar-refractivity contribution in [3.8, 4) is 11.5 Å². The molecule has 3 rings (SSSR count). The number of benzene rings is 3. The highest BCUT2D eigenvalue weighted by Crippen LogP contribution is 2.32. The summed E-state index contributed by atoms with van der Waals surface area (Å²) < 4.78 is 12.0. The highest BCUT2D eigenvalue weighted by Gasteiger charge is 2.11. The summed E-state index contributed by atoms with van der Waals surface area (Å²) in [6.45, 7) is 6.90. The standard InChI is InChI=1S/C25H29NO2.ClH/c1-3-27-24-11-7-10-23(18-26-17-16-21-8-5-4-6-9-21)25(24)28-19-22-14-12-20(2)13-15-22;/h4-15,26H,3,16-19H2,1-2H3;1H. The Balaban J connectivity index is 0.00000300. The van der Waals surface area contributed by atoms with Crippen LogP contribution >= 0.6 is 12.4 Å². The number of rotatable bonds is 10. The Bertz CT molecular complexity index is 850. The molecule has 0 aliphatic carbocycles. The summed E-state index contributed by atoms with van der Waals surface area (Å²) in [4.78, 5) is 0. The molecule has 29 heavy (non-hydrogen) atoms. The van der Waals surface area contributed by atoms with E-state index in [0.717, 1.165) is 42.1 Å². The fraction of sp³-hybridized carbons (Fsp3) is 0.280. The third-order valence-corrected chi connectivity index (χ3v) is 4.61. The van der Waals surface area contributed by atoms with Gasteiger partial charge < -0.3 is 14.8 Å². The average Bonchev–Trinajstić information content (AvgIpc) is 2.73. The van der Waals surface area contributed by atoms with Crippen LogP contribution < -0.4 is 14.8 Å². The van der Waals surface area contributed by atoms with Gasteiger partial charge in [-0.05, 0) is 44.0 Å². The summed E-state index contributed by atoms with van der Waals surface area (Å²) in [5, 5.41) is 3.53. The second-order valence-corrected chi connectivity index (χ2v) is 6.86. The summed E-state index contributed by atoms with van der Waals surface area (Å²) in [6, 6.07) is 25.1. The maximum atomic E-state index is 6.20. The van der Waals surface area contributed by atoms with Gasteiger partial charge in [-0.2, -0.15) is 0 Å². The lowest BCUT2D eigenvalue weighted by Crippen LogP contribution is -2.17. The molecule has 0 amide bonds. The molecule has 0 bridgehead atoms. The van der Waals surface area contributed by atoms with Gasteiger partial charge in [0.15, 0.2) is 11.5 Å². The van der Waals surface area contributed by atoms with E-state index in [9.17, 15) is 0 Å². The van der Waals surface area contributed by atoms with Crippen molar-refractivity contribution in [3.05, 3.63) is 95.1 Å². The predicted octanol–water partition coefficient (Wildman–Crippen LogP) is 5.73. The summed E-state index contributed by atoms with van der Waals surface area (Å²) in [7, 11) is 0. The number of aryl methyl sites for hydroxylation is 1. The monoisotopic (exact) mass is 411 g/mol. The molecule has 3 aromatic carbocycles. The average molecular weight is 412 g/mol. The number of hydrogen-bond acceptors (Lipinski definition) is 3. The van der Waals surface area contributed by atoms with Crippen molar-refractivity contribution in [2.45, 2.75) is 33.4 Å². The summed E-state index contributed by atoms with van der Waals surface area (Å²) in [6.07, 6.45) is 1.01. The van der Waals surface area contributed by atoms with Crippen LogP contribution in [-0.2, 0) is 19.6 Å². The minimum atomic E-state index is 0. The van der Waals surface area contributed by atoms with Crippen molar-refractivity contribution in [1.82, 2.24) is 5.32 Å². The van der Waals surface area contributed by atoms with Gasteiger partial charge in [0.05, 0.1) is 6.61 Å². The van der Waals surface area contributed by atoms with Gasteiger partial charge in [-0.1, -0.05) is 72.3 Å². The highest BCUT2D eigenvalue weighted by atomic mass is 35.5. The smallest absolute Gasteiger partial charge is 0.166 e. The number of ether oxygens (including phenoxy) is 2. The van der Waals surface area contributed by atoms with Gasteiger partial charge in [0.25, 0.3) is 0 Å². The molecular formula is C25H30ClNO2. The molecule has 0 spiro atoms. The second kappa shape index (κ2) is 12.2. The van der Waals surface area contributed by atoms with E-state index in [1.807, 2.05) is 25.1 Å². The van der Waals surface area contributed by atoms with Crippen molar-refractivity contribution < 1.29 is 9.47 Å². The summed E-state index contributed by atoms with van der Waals surface area (Å²) >= 11 is 0. The Labute approximate surface area is 180 Å². The second-order valence-electron chi connectivity index (χ2n) is 6.86. The molecule has 0 atom stereocenters. The first kappa shape index (κ1) is 22.8. The largest absolute Gasteiger partial charge is 0.490 e. The Kier molecular flexibility index (Phi) is 9.55. The number of nitrogens with one attached hydrogen (secondary N) is 1. The fourth-order valence-electron chi connectivity index (χ4n) is 3.07. The SMILES string of the molecule is CCOc1cccc(CNCCc2ccccc2)c1OCc1ccc(C)cc1.Cl. The Morgan fingerprint density at radius 3 is 2.28 bits per heavy atom. The number of para-hydroxylation sites is 1. The third-order valence-electron chi connectivity index (χ3n) is 4.61. The van der Waals surface area contributed by atoms with Crippen LogP contribution in [0.25, 0.3) is 0 Å². The van der Waals surface area contributed by atoms with Crippen LogP contribution in [0.15, 0.2) is 72.8 Å². The topological polar surface area (TPSA) is 30.5 Å². The fourth-order valence-corrected chi connectivity index (χ4v) is 3.07. The highest BCUT2D eigenvalue weighted by molar-refractivity contribution is 5.85. The third kappa shape index (κ3) is 7.12. The minimum Gasteiger partial charge on any atom is -0.490 e. The lowest BCUT2D eigenvalue weighted by molar-refractivity contribution is 0.266. The van der Waals surface area contributed by atoms with E-state index < -0.39 is 0 Å². The lowest BCUT2D eigenvalue weighted by atomic mass is 10.1. The normalized spacial score (nSPS) is 10.3. The van der Waals surface area contributed by atoms with E-state index in [1.54, 1.807) is 0 Å². The molecule has 3 nitrogen and oxygen atoms in total. The lowest BCUT2D eigenvalue weighted by Gasteiger charge is -2.16. The maximum Gasteiger partial charge on any atom is 0.166 e. The molecule has 0 saturated heterocycles. The molecule has 0 fully saturated rings. The molecule has 0 aliphatic heterocycles. The van der Waals surface area contributed by atoms with E-state index in [1.165, 1.54) is 11.1 Å². The van der Waals surface area contributed by atoms with Crippen LogP contribution in [0.4, 0.5) is 0 Å². The molecular weight excluding hydrogens is 382 g/mol. The molecule has 0 unspecified atom stereocenters. The first-order valence-electron chi connectivity index (χ1n) is 9.94.